The summed E-state index contributed by atoms with van der Waals surface area (Å²) in [6, 6.07) is 8.19. The second-order valence-corrected chi connectivity index (χ2v) is 4.43. The highest BCUT2D eigenvalue weighted by molar-refractivity contribution is 5.85. The number of likely N-dealkylation sites (N-methyl/N-ethyl adjacent to an activating group) is 1. The van der Waals surface area contributed by atoms with Gasteiger partial charge in [-0.25, -0.2) is 0 Å². The smallest absolute Gasteiger partial charge is 0.260 e. The molecule has 1 aromatic carbocycles. The topological polar surface area (TPSA) is 35.6 Å². The molecule has 0 saturated carbocycles. The fourth-order valence-corrected chi connectivity index (χ4v) is 2.37. The predicted molar refractivity (Wildman–Crippen MR) is 61.9 cm³/mol. The average molecular weight is 217 g/mol. The molecule has 0 aliphatic carbocycles. The maximum Gasteiger partial charge on any atom is 0.260 e. The molecule has 1 fully saturated rings. The SMILES string of the molecule is CN1CCN2Cc3ccccc3NC2C1=O. The van der Waals surface area contributed by atoms with Gasteiger partial charge in [0.1, 0.15) is 0 Å². The fraction of sp³-hybridized carbons (Fsp3) is 0.417. The van der Waals surface area contributed by atoms with Crippen molar-refractivity contribution < 1.29 is 4.79 Å². The summed E-state index contributed by atoms with van der Waals surface area (Å²) in [4.78, 5) is 16.0. The zero-order valence-corrected chi connectivity index (χ0v) is 9.31. The molecule has 1 atom stereocenters. The first-order chi connectivity index (χ1) is 7.75. The Hall–Kier alpha value is -1.55. The van der Waals surface area contributed by atoms with Gasteiger partial charge < -0.3 is 10.2 Å². The van der Waals surface area contributed by atoms with Crippen molar-refractivity contribution in [3.05, 3.63) is 29.8 Å². The van der Waals surface area contributed by atoms with Crippen LogP contribution in [-0.2, 0) is 11.3 Å². The van der Waals surface area contributed by atoms with E-state index in [1.807, 2.05) is 25.2 Å². The third kappa shape index (κ3) is 1.38. The van der Waals surface area contributed by atoms with Crippen LogP contribution in [0.25, 0.3) is 0 Å². The van der Waals surface area contributed by atoms with Crippen LogP contribution in [-0.4, -0.2) is 42.0 Å². The van der Waals surface area contributed by atoms with Gasteiger partial charge in [0.15, 0.2) is 6.17 Å². The van der Waals surface area contributed by atoms with Gasteiger partial charge >= 0.3 is 0 Å². The number of benzene rings is 1. The summed E-state index contributed by atoms with van der Waals surface area (Å²) in [5, 5.41) is 3.31. The number of para-hydroxylation sites is 1. The highest BCUT2D eigenvalue weighted by atomic mass is 16.2. The monoisotopic (exact) mass is 217 g/mol. The minimum atomic E-state index is -0.173. The molecule has 4 nitrogen and oxygen atoms in total. The Bertz CT molecular complexity index is 432. The molecule has 2 aliphatic rings. The number of piperazine rings is 1. The van der Waals surface area contributed by atoms with E-state index in [1.54, 1.807) is 4.90 Å². The van der Waals surface area contributed by atoms with Gasteiger partial charge in [-0.15, -0.1) is 0 Å². The lowest BCUT2D eigenvalue weighted by Crippen LogP contribution is -2.60. The fourth-order valence-electron chi connectivity index (χ4n) is 2.37. The molecule has 16 heavy (non-hydrogen) atoms. The van der Waals surface area contributed by atoms with Gasteiger partial charge in [0.25, 0.3) is 5.91 Å². The predicted octanol–water partition coefficient (Wildman–Crippen LogP) is 0.712. The summed E-state index contributed by atoms with van der Waals surface area (Å²) >= 11 is 0. The first-order valence-corrected chi connectivity index (χ1v) is 5.59. The van der Waals surface area contributed by atoms with E-state index in [0.29, 0.717) is 0 Å². The van der Waals surface area contributed by atoms with E-state index in [0.717, 1.165) is 25.3 Å². The van der Waals surface area contributed by atoms with Crippen LogP contribution in [0.5, 0.6) is 0 Å². The summed E-state index contributed by atoms with van der Waals surface area (Å²) in [6.07, 6.45) is -0.173. The number of rotatable bonds is 0. The molecule has 1 amide bonds. The van der Waals surface area contributed by atoms with Gasteiger partial charge in [0.05, 0.1) is 0 Å². The number of fused-ring (bicyclic) bond motifs is 2. The van der Waals surface area contributed by atoms with E-state index in [4.69, 9.17) is 0 Å². The number of hydrogen-bond donors (Lipinski definition) is 1. The molecular weight excluding hydrogens is 202 g/mol. The van der Waals surface area contributed by atoms with Crippen molar-refractivity contribution in [2.45, 2.75) is 12.7 Å². The van der Waals surface area contributed by atoms with Crippen LogP contribution in [0.3, 0.4) is 0 Å². The third-order valence-electron chi connectivity index (χ3n) is 3.38. The van der Waals surface area contributed by atoms with Crippen LogP contribution in [0.2, 0.25) is 0 Å². The van der Waals surface area contributed by atoms with Crippen molar-refractivity contribution in [1.82, 2.24) is 9.80 Å². The molecule has 1 N–H and O–H groups in total. The van der Waals surface area contributed by atoms with Gasteiger partial charge in [-0.3, -0.25) is 9.69 Å². The summed E-state index contributed by atoms with van der Waals surface area (Å²) in [5.41, 5.74) is 2.36. The summed E-state index contributed by atoms with van der Waals surface area (Å²) in [6.45, 7) is 2.63. The van der Waals surface area contributed by atoms with Crippen LogP contribution in [0, 0.1) is 0 Å². The Morgan fingerprint density at radius 1 is 1.31 bits per heavy atom. The number of carbonyl (C=O) groups excluding carboxylic acids is 1. The molecule has 1 aromatic rings. The molecule has 0 spiro atoms. The Kier molecular flexibility index (Phi) is 2.11. The van der Waals surface area contributed by atoms with Gasteiger partial charge in [0.2, 0.25) is 0 Å². The molecule has 2 heterocycles. The molecule has 2 aliphatic heterocycles. The zero-order chi connectivity index (χ0) is 11.1. The first-order valence-electron chi connectivity index (χ1n) is 5.59. The van der Waals surface area contributed by atoms with Crippen LogP contribution in [0.4, 0.5) is 5.69 Å². The van der Waals surface area contributed by atoms with Crippen molar-refractivity contribution in [1.29, 1.82) is 0 Å². The Morgan fingerprint density at radius 2 is 2.12 bits per heavy atom. The summed E-state index contributed by atoms with van der Waals surface area (Å²) in [5.74, 6) is 0.167. The lowest BCUT2D eigenvalue weighted by Gasteiger charge is -2.43. The van der Waals surface area contributed by atoms with E-state index >= 15 is 0 Å². The molecular formula is C12H15N3O. The number of anilines is 1. The van der Waals surface area contributed by atoms with Gasteiger partial charge in [-0.2, -0.15) is 0 Å². The lowest BCUT2D eigenvalue weighted by atomic mass is 10.1. The quantitative estimate of drug-likeness (QED) is 0.695. The van der Waals surface area contributed by atoms with Gasteiger partial charge in [0, 0.05) is 32.4 Å². The molecule has 0 aromatic heterocycles. The normalized spacial score (nSPS) is 24.7. The molecule has 84 valence electrons. The highest BCUT2D eigenvalue weighted by Gasteiger charge is 2.35. The Labute approximate surface area is 94.8 Å². The Morgan fingerprint density at radius 3 is 3.00 bits per heavy atom. The number of amides is 1. The second-order valence-electron chi connectivity index (χ2n) is 4.43. The maximum absolute atomic E-state index is 12.0. The molecule has 1 saturated heterocycles. The standard InChI is InChI=1S/C12H15N3O/c1-14-6-7-15-8-9-4-2-3-5-10(9)13-11(15)12(14)16/h2-5,11,13H,6-8H2,1H3. The number of carbonyl (C=O) groups is 1. The minimum absolute atomic E-state index is 0.167. The van der Waals surface area contributed by atoms with Gasteiger partial charge in [-0.05, 0) is 11.6 Å². The van der Waals surface area contributed by atoms with Crippen LogP contribution < -0.4 is 5.32 Å². The maximum atomic E-state index is 12.0. The van der Waals surface area contributed by atoms with Crippen molar-refractivity contribution in [3.63, 3.8) is 0 Å². The van der Waals surface area contributed by atoms with E-state index in [9.17, 15) is 4.79 Å². The van der Waals surface area contributed by atoms with Crippen molar-refractivity contribution in [3.8, 4) is 0 Å². The summed E-state index contributed by atoms with van der Waals surface area (Å²) < 4.78 is 0. The number of nitrogens with zero attached hydrogens (tertiary/aromatic N) is 2. The largest absolute Gasteiger partial charge is 0.362 e. The van der Waals surface area contributed by atoms with Crippen LogP contribution in [0.15, 0.2) is 24.3 Å². The van der Waals surface area contributed by atoms with E-state index in [-0.39, 0.29) is 12.1 Å². The lowest BCUT2D eigenvalue weighted by molar-refractivity contribution is -0.139. The molecule has 4 heteroatoms. The second kappa shape index (κ2) is 3.49. The summed E-state index contributed by atoms with van der Waals surface area (Å²) in [7, 11) is 1.86. The van der Waals surface area contributed by atoms with E-state index in [1.165, 1.54) is 5.56 Å². The van der Waals surface area contributed by atoms with E-state index < -0.39 is 0 Å². The minimum Gasteiger partial charge on any atom is -0.362 e. The van der Waals surface area contributed by atoms with E-state index in [2.05, 4.69) is 16.3 Å². The van der Waals surface area contributed by atoms with Crippen molar-refractivity contribution >= 4 is 11.6 Å². The van der Waals surface area contributed by atoms with Crippen LogP contribution in [0.1, 0.15) is 5.56 Å². The molecule has 3 rings (SSSR count). The third-order valence-corrected chi connectivity index (χ3v) is 3.38. The molecule has 0 bridgehead atoms. The molecule has 1 unspecified atom stereocenters. The Balaban J connectivity index is 1.93. The zero-order valence-electron chi connectivity index (χ0n) is 9.31. The van der Waals surface area contributed by atoms with Crippen molar-refractivity contribution in [2.24, 2.45) is 0 Å². The number of nitrogens with one attached hydrogen (secondary N) is 1. The average Bonchev–Trinajstić information content (AvgIpc) is 2.32. The first kappa shape index (κ1) is 9.66. The highest BCUT2D eigenvalue weighted by Crippen LogP contribution is 2.26. The number of hydrogen-bond acceptors (Lipinski definition) is 3. The van der Waals surface area contributed by atoms with Gasteiger partial charge in [-0.1, -0.05) is 18.2 Å². The van der Waals surface area contributed by atoms with Crippen molar-refractivity contribution in [2.75, 3.05) is 25.5 Å². The van der Waals surface area contributed by atoms with Crippen LogP contribution >= 0.6 is 0 Å². The molecule has 0 radical (unpaired) electrons.